The van der Waals surface area contributed by atoms with Crippen molar-refractivity contribution in [2.45, 2.75) is 18.6 Å². The number of likely N-dealkylation sites (N-methyl/N-ethyl adjacent to an activating group) is 1. The molecule has 1 aromatic rings. The molecule has 5 nitrogen and oxygen atoms in total. The third kappa shape index (κ3) is 3.68. The number of thioether (sulfide) groups is 1. The average molecular weight is 282 g/mol. The summed E-state index contributed by atoms with van der Waals surface area (Å²) in [6, 6.07) is 6.73. The summed E-state index contributed by atoms with van der Waals surface area (Å²) in [4.78, 5) is 12.4. The molecule has 0 radical (unpaired) electrons. The van der Waals surface area contributed by atoms with E-state index in [9.17, 15) is 15.2 Å². The normalized spacial score (nSPS) is 20.7. The Morgan fingerprint density at radius 1 is 1.63 bits per heavy atom. The Kier molecular flexibility index (Phi) is 4.79. The molecule has 1 aromatic carbocycles. The SMILES string of the molecule is CN(C[C@H](O)c1cccc([N+](=O)[O-])c1)[C@@H]1CCSC1. The van der Waals surface area contributed by atoms with Crippen LogP contribution in [-0.2, 0) is 0 Å². The molecule has 1 saturated heterocycles. The molecular weight excluding hydrogens is 264 g/mol. The van der Waals surface area contributed by atoms with Gasteiger partial charge in [0.25, 0.3) is 5.69 Å². The fraction of sp³-hybridized carbons (Fsp3) is 0.538. The number of rotatable bonds is 5. The van der Waals surface area contributed by atoms with Gasteiger partial charge in [-0.3, -0.25) is 15.0 Å². The van der Waals surface area contributed by atoms with Gasteiger partial charge in [-0.25, -0.2) is 0 Å². The van der Waals surface area contributed by atoms with Crippen LogP contribution in [0.15, 0.2) is 24.3 Å². The van der Waals surface area contributed by atoms with Gasteiger partial charge in [0, 0.05) is 30.5 Å². The highest BCUT2D eigenvalue weighted by Gasteiger charge is 2.22. The molecule has 0 amide bonds. The molecule has 0 saturated carbocycles. The van der Waals surface area contributed by atoms with Crippen LogP contribution < -0.4 is 0 Å². The third-order valence-corrected chi connectivity index (χ3v) is 4.60. The third-order valence-electron chi connectivity index (χ3n) is 3.46. The Bertz CT molecular complexity index is 449. The van der Waals surface area contributed by atoms with Crippen LogP contribution in [0, 0.1) is 10.1 Å². The van der Waals surface area contributed by atoms with Gasteiger partial charge >= 0.3 is 0 Å². The molecule has 0 aliphatic carbocycles. The van der Waals surface area contributed by atoms with Crippen LogP contribution >= 0.6 is 11.8 Å². The van der Waals surface area contributed by atoms with E-state index in [0.29, 0.717) is 18.2 Å². The molecule has 1 aliphatic heterocycles. The first-order valence-corrected chi connectivity index (χ1v) is 7.44. The zero-order valence-electron chi connectivity index (χ0n) is 10.9. The van der Waals surface area contributed by atoms with E-state index in [4.69, 9.17) is 0 Å². The minimum absolute atomic E-state index is 0.0237. The summed E-state index contributed by atoms with van der Waals surface area (Å²) in [6.45, 7) is 0.506. The first kappa shape index (κ1) is 14.3. The molecule has 0 unspecified atom stereocenters. The van der Waals surface area contributed by atoms with Crippen LogP contribution in [-0.4, -0.2) is 46.1 Å². The molecule has 0 aromatic heterocycles. The Hall–Kier alpha value is -1.11. The van der Waals surface area contributed by atoms with Gasteiger partial charge in [-0.2, -0.15) is 11.8 Å². The lowest BCUT2D eigenvalue weighted by Gasteiger charge is -2.26. The minimum Gasteiger partial charge on any atom is -0.387 e. The summed E-state index contributed by atoms with van der Waals surface area (Å²) in [6.07, 6.45) is 0.457. The summed E-state index contributed by atoms with van der Waals surface area (Å²) >= 11 is 1.93. The van der Waals surface area contributed by atoms with Crippen molar-refractivity contribution in [2.24, 2.45) is 0 Å². The lowest BCUT2D eigenvalue weighted by molar-refractivity contribution is -0.385. The second-order valence-electron chi connectivity index (χ2n) is 4.82. The number of aliphatic hydroxyl groups is 1. The summed E-state index contributed by atoms with van der Waals surface area (Å²) in [5, 5.41) is 20.9. The van der Waals surface area contributed by atoms with Crippen molar-refractivity contribution in [3.05, 3.63) is 39.9 Å². The fourth-order valence-corrected chi connectivity index (χ4v) is 3.54. The number of non-ortho nitro benzene ring substituents is 1. The maximum absolute atomic E-state index is 10.7. The summed E-state index contributed by atoms with van der Waals surface area (Å²) in [7, 11) is 2.00. The van der Waals surface area contributed by atoms with Gasteiger partial charge in [0.05, 0.1) is 11.0 Å². The van der Waals surface area contributed by atoms with Gasteiger partial charge in [0.2, 0.25) is 0 Å². The van der Waals surface area contributed by atoms with E-state index in [0.717, 1.165) is 12.2 Å². The van der Waals surface area contributed by atoms with Crippen molar-refractivity contribution in [2.75, 3.05) is 25.1 Å². The molecule has 2 atom stereocenters. The zero-order valence-corrected chi connectivity index (χ0v) is 11.7. The predicted molar refractivity (Wildman–Crippen MR) is 76.4 cm³/mol. The number of nitrogens with zero attached hydrogens (tertiary/aromatic N) is 2. The quantitative estimate of drug-likeness (QED) is 0.661. The smallest absolute Gasteiger partial charge is 0.269 e. The van der Waals surface area contributed by atoms with Crippen LogP contribution in [0.4, 0.5) is 5.69 Å². The number of benzene rings is 1. The predicted octanol–water partition coefficient (Wildman–Crippen LogP) is 2.07. The Balaban J connectivity index is 2.00. The van der Waals surface area contributed by atoms with E-state index < -0.39 is 11.0 Å². The first-order chi connectivity index (χ1) is 9.08. The minimum atomic E-state index is -0.685. The first-order valence-electron chi connectivity index (χ1n) is 6.28. The highest BCUT2D eigenvalue weighted by atomic mass is 32.2. The van der Waals surface area contributed by atoms with Gasteiger partial charge < -0.3 is 5.11 Å². The highest BCUT2D eigenvalue weighted by molar-refractivity contribution is 7.99. The van der Waals surface area contributed by atoms with E-state index >= 15 is 0 Å². The molecule has 1 fully saturated rings. The fourth-order valence-electron chi connectivity index (χ4n) is 2.24. The molecule has 1 aliphatic rings. The molecule has 6 heteroatoms. The maximum Gasteiger partial charge on any atom is 0.269 e. The zero-order chi connectivity index (χ0) is 13.8. The van der Waals surface area contributed by atoms with E-state index in [1.54, 1.807) is 12.1 Å². The van der Waals surface area contributed by atoms with Crippen LogP contribution in [0.3, 0.4) is 0 Å². The van der Waals surface area contributed by atoms with Gasteiger partial charge in [-0.15, -0.1) is 0 Å². The largest absolute Gasteiger partial charge is 0.387 e. The van der Waals surface area contributed by atoms with Crippen molar-refractivity contribution in [1.82, 2.24) is 4.90 Å². The van der Waals surface area contributed by atoms with E-state index in [1.807, 2.05) is 18.8 Å². The van der Waals surface area contributed by atoms with Crippen molar-refractivity contribution in [3.63, 3.8) is 0 Å². The highest BCUT2D eigenvalue weighted by Crippen LogP contribution is 2.24. The Morgan fingerprint density at radius 2 is 2.42 bits per heavy atom. The van der Waals surface area contributed by atoms with Crippen molar-refractivity contribution >= 4 is 17.4 Å². The maximum atomic E-state index is 10.7. The van der Waals surface area contributed by atoms with Crippen molar-refractivity contribution in [1.29, 1.82) is 0 Å². The van der Waals surface area contributed by atoms with Crippen LogP contribution in [0.1, 0.15) is 18.1 Å². The van der Waals surface area contributed by atoms with Gasteiger partial charge in [0.1, 0.15) is 0 Å². The second-order valence-corrected chi connectivity index (χ2v) is 5.97. The van der Waals surface area contributed by atoms with Crippen molar-refractivity contribution in [3.8, 4) is 0 Å². The Labute approximate surface area is 116 Å². The molecular formula is C13H18N2O3S. The monoisotopic (exact) mass is 282 g/mol. The number of nitro benzene ring substituents is 1. The standard InChI is InChI=1S/C13H18N2O3S/c1-14(12-5-6-19-9-12)8-13(16)10-3-2-4-11(7-10)15(17)18/h2-4,7,12-13,16H,5-6,8-9H2,1H3/t12-,13+/m1/s1. The molecule has 19 heavy (non-hydrogen) atoms. The lowest BCUT2D eigenvalue weighted by Crippen LogP contribution is -2.34. The summed E-state index contributed by atoms with van der Waals surface area (Å²) < 4.78 is 0. The van der Waals surface area contributed by atoms with Crippen molar-refractivity contribution < 1.29 is 10.0 Å². The number of hydrogen-bond acceptors (Lipinski definition) is 5. The average Bonchev–Trinajstić information content (AvgIpc) is 2.92. The topological polar surface area (TPSA) is 66.6 Å². The van der Waals surface area contributed by atoms with E-state index in [2.05, 4.69) is 4.90 Å². The summed E-state index contributed by atoms with van der Waals surface area (Å²) in [5.74, 6) is 2.26. The molecule has 2 rings (SSSR count). The van der Waals surface area contributed by atoms with Gasteiger partial charge in [-0.1, -0.05) is 12.1 Å². The molecule has 1 heterocycles. The molecule has 0 spiro atoms. The van der Waals surface area contributed by atoms with Crippen LogP contribution in [0.2, 0.25) is 0 Å². The van der Waals surface area contributed by atoms with Crippen LogP contribution in [0.5, 0.6) is 0 Å². The number of nitro groups is 1. The molecule has 0 bridgehead atoms. The Morgan fingerprint density at radius 3 is 3.05 bits per heavy atom. The molecule has 104 valence electrons. The van der Waals surface area contributed by atoms with E-state index in [1.165, 1.54) is 17.9 Å². The van der Waals surface area contributed by atoms with Gasteiger partial charge in [0.15, 0.2) is 0 Å². The van der Waals surface area contributed by atoms with Crippen LogP contribution in [0.25, 0.3) is 0 Å². The lowest BCUT2D eigenvalue weighted by atomic mass is 10.1. The number of hydrogen-bond donors (Lipinski definition) is 1. The van der Waals surface area contributed by atoms with E-state index in [-0.39, 0.29) is 5.69 Å². The number of aliphatic hydroxyl groups excluding tert-OH is 1. The van der Waals surface area contributed by atoms with Gasteiger partial charge in [-0.05, 0) is 24.8 Å². The second kappa shape index (κ2) is 6.36. The molecule has 1 N–H and O–H groups in total. The summed E-state index contributed by atoms with van der Waals surface area (Å²) in [5.41, 5.74) is 0.627.